The predicted octanol–water partition coefficient (Wildman–Crippen LogP) is 2.95. The molecule has 186 valence electrons. The van der Waals surface area contributed by atoms with Gasteiger partial charge in [-0.2, -0.15) is 5.26 Å². The van der Waals surface area contributed by atoms with Crippen molar-refractivity contribution in [2.24, 2.45) is 11.3 Å². The van der Waals surface area contributed by atoms with Gasteiger partial charge in [0, 0.05) is 31.6 Å². The topological polar surface area (TPSA) is 109 Å². The molecule has 2 saturated heterocycles. The number of nitriles is 1. The number of amides is 3. The summed E-state index contributed by atoms with van der Waals surface area (Å²) in [6, 6.07) is 3.64. The Bertz CT molecular complexity index is 1220. The Morgan fingerprint density at radius 2 is 2.06 bits per heavy atom. The van der Waals surface area contributed by atoms with Crippen LogP contribution in [0.3, 0.4) is 0 Å². The quantitative estimate of drug-likeness (QED) is 0.679. The van der Waals surface area contributed by atoms with Crippen molar-refractivity contribution in [3.8, 4) is 6.07 Å². The third kappa shape index (κ3) is 4.47. The summed E-state index contributed by atoms with van der Waals surface area (Å²) < 4.78 is 27.8. The number of hydrogen-bond acceptors (Lipinski definition) is 4. The number of aromatic nitrogens is 1. The first-order valence-electron chi connectivity index (χ1n) is 11.8. The highest BCUT2D eigenvalue weighted by atomic mass is 19.1. The monoisotopic (exact) mass is 485 g/mol. The van der Waals surface area contributed by atoms with Gasteiger partial charge in [-0.1, -0.05) is 13.8 Å². The second-order valence-corrected chi connectivity index (χ2v) is 10.0. The number of nitrogens with zero attached hydrogens (tertiary/aromatic N) is 3. The molecule has 1 spiro atoms. The van der Waals surface area contributed by atoms with E-state index in [1.807, 2.05) is 13.8 Å². The SMILES string of the molecule is CC(C)C[C@@H](C(=O)N1C[C@]2(CCCNC2=O)CC1C#N)N(C)C(=O)c1cc2c(F)cc(F)cc2[nH]1. The first-order valence-corrected chi connectivity index (χ1v) is 11.8. The molecule has 10 heteroatoms. The highest BCUT2D eigenvalue weighted by Gasteiger charge is 2.52. The fourth-order valence-corrected chi connectivity index (χ4v) is 5.27. The summed E-state index contributed by atoms with van der Waals surface area (Å²) in [6.07, 6.45) is 1.97. The van der Waals surface area contributed by atoms with Crippen molar-refractivity contribution in [2.75, 3.05) is 20.1 Å². The molecule has 2 N–H and O–H groups in total. The van der Waals surface area contributed by atoms with Gasteiger partial charge in [0.2, 0.25) is 11.8 Å². The molecule has 0 bridgehead atoms. The number of carbonyl (C=O) groups is 3. The summed E-state index contributed by atoms with van der Waals surface area (Å²) in [4.78, 5) is 45.2. The number of likely N-dealkylation sites (tertiary alicyclic amines) is 1. The lowest BCUT2D eigenvalue weighted by Gasteiger charge is -2.34. The number of rotatable bonds is 5. The Morgan fingerprint density at radius 1 is 1.31 bits per heavy atom. The van der Waals surface area contributed by atoms with Crippen LogP contribution in [-0.4, -0.2) is 64.7 Å². The van der Waals surface area contributed by atoms with E-state index < -0.39 is 40.9 Å². The number of aromatic amines is 1. The van der Waals surface area contributed by atoms with Crippen LogP contribution in [0.5, 0.6) is 0 Å². The molecular formula is C25H29F2N5O3. The zero-order chi connectivity index (χ0) is 25.5. The van der Waals surface area contributed by atoms with Crippen molar-refractivity contribution in [3.05, 3.63) is 35.5 Å². The molecule has 0 saturated carbocycles. The molecule has 1 aromatic carbocycles. The minimum absolute atomic E-state index is 0.0231. The number of likely N-dealkylation sites (N-methyl/N-ethyl adjacent to an activating group) is 1. The molecule has 4 rings (SSSR count). The molecule has 3 amide bonds. The van der Waals surface area contributed by atoms with Crippen LogP contribution in [0.1, 0.15) is 50.0 Å². The molecule has 2 aliphatic heterocycles. The van der Waals surface area contributed by atoms with Crippen LogP contribution >= 0.6 is 0 Å². The number of piperidine rings is 1. The summed E-state index contributed by atoms with van der Waals surface area (Å²) >= 11 is 0. The van der Waals surface area contributed by atoms with E-state index in [-0.39, 0.29) is 41.4 Å². The maximum absolute atomic E-state index is 14.2. The average Bonchev–Trinajstić information content (AvgIpc) is 3.40. The fraction of sp³-hybridized carbons (Fsp3) is 0.520. The molecule has 35 heavy (non-hydrogen) atoms. The standard InChI is InChI=1S/C25H29F2N5O3/c1-14(2)7-21(23(34)32-13-25(11-16(32)12-28)5-4-6-29-24(25)35)31(3)22(33)20-10-17-18(27)8-15(26)9-19(17)30-20/h8-10,14,16,21,30H,4-7,11,13H2,1-3H3,(H,29,35)/t16?,21-,25-/m0/s1. The molecule has 0 radical (unpaired) electrons. The van der Waals surface area contributed by atoms with Gasteiger partial charge >= 0.3 is 0 Å². The molecule has 2 aromatic rings. The molecule has 8 nitrogen and oxygen atoms in total. The van der Waals surface area contributed by atoms with Gasteiger partial charge in [-0.25, -0.2) is 8.78 Å². The normalized spacial score (nSPS) is 22.9. The van der Waals surface area contributed by atoms with Crippen LogP contribution in [0.25, 0.3) is 10.9 Å². The molecular weight excluding hydrogens is 456 g/mol. The Hall–Kier alpha value is -3.48. The van der Waals surface area contributed by atoms with Gasteiger partial charge in [0.15, 0.2) is 0 Å². The van der Waals surface area contributed by atoms with Gasteiger partial charge in [-0.15, -0.1) is 0 Å². The molecule has 3 heterocycles. The summed E-state index contributed by atoms with van der Waals surface area (Å²) in [5, 5.41) is 12.7. The van der Waals surface area contributed by atoms with Crippen molar-refractivity contribution < 1.29 is 23.2 Å². The van der Waals surface area contributed by atoms with E-state index in [2.05, 4.69) is 16.4 Å². The number of fused-ring (bicyclic) bond motifs is 1. The van der Waals surface area contributed by atoms with E-state index in [0.29, 0.717) is 19.4 Å². The summed E-state index contributed by atoms with van der Waals surface area (Å²) in [5.41, 5.74) is -0.631. The van der Waals surface area contributed by atoms with E-state index in [9.17, 15) is 28.4 Å². The zero-order valence-corrected chi connectivity index (χ0v) is 20.0. The highest BCUT2D eigenvalue weighted by molar-refractivity contribution is 6.00. The number of H-pyrrole nitrogens is 1. The minimum Gasteiger partial charge on any atom is -0.356 e. The summed E-state index contributed by atoms with van der Waals surface area (Å²) in [5.74, 6) is -2.62. The average molecular weight is 486 g/mol. The van der Waals surface area contributed by atoms with Crippen LogP contribution in [0.4, 0.5) is 8.78 Å². The molecule has 2 fully saturated rings. The smallest absolute Gasteiger partial charge is 0.270 e. The predicted molar refractivity (Wildman–Crippen MR) is 124 cm³/mol. The second-order valence-electron chi connectivity index (χ2n) is 10.0. The van der Waals surface area contributed by atoms with Crippen LogP contribution in [0.15, 0.2) is 18.2 Å². The molecule has 1 aromatic heterocycles. The van der Waals surface area contributed by atoms with Crippen molar-refractivity contribution in [1.82, 2.24) is 20.1 Å². The highest BCUT2D eigenvalue weighted by Crippen LogP contribution is 2.41. The summed E-state index contributed by atoms with van der Waals surface area (Å²) in [6.45, 7) is 4.54. The van der Waals surface area contributed by atoms with Crippen molar-refractivity contribution in [3.63, 3.8) is 0 Å². The minimum atomic E-state index is -0.895. The Morgan fingerprint density at radius 3 is 2.71 bits per heavy atom. The Kier molecular flexibility index (Phi) is 6.54. The van der Waals surface area contributed by atoms with Gasteiger partial charge in [0.05, 0.1) is 17.0 Å². The van der Waals surface area contributed by atoms with Crippen molar-refractivity contribution in [1.29, 1.82) is 5.26 Å². The maximum atomic E-state index is 14.2. The molecule has 1 unspecified atom stereocenters. The number of carbonyl (C=O) groups excluding carboxylic acids is 3. The van der Waals surface area contributed by atoms with E-state index >= 15 is 0 Å². The van der Waals surface area contributed by atoms with Gasteiger partial charge < -0.3 is 20.1 Å². The number of nitrogens with one attached hydrogen (secondary N) is 2. The van der Waals surface area contributed by atoms with E-state index in [1.165, 1.54) is 22.9 Å². The van der Waals surface area contributed by atoms with Gasteiger partial charge in [-0.3, -0.25) is 14.4 Å². The number of benzene rings is 1. The van der Waals surface area contributed by atoms with Crippen molar-refractivity contribution >= 4 is 28.6 Å². The van der Waals surface area contributed by atoms with Gasteiger partial charge in [0.25, 0.3) is 5.91 Å². The summed E-state index contributed by atoms with van der Waals surface area (Å²) in [7, 11) is 1.48. The van der Waals surface area contributed by atoms with E-state index in [4.69, 9.17) is 0 Å². The molecule has 3 atom stereocenters. The largest absolute Gasteiger partial charge is 0.356 e. The van der Waals surface area contributed by atoms with E-state index in [0.717, 1.165) is 18.6 Å². The molecule has 0 aliphatic carbocycles. The lowest BCUT2D eigenvalue weighted by Crippen LogP contribution is -2.52. The fourth-order valence-electron chi connectivity index (χ4n) is 5.27. The van der Waals surface area contributed by atoms with Crippen LogP contribution < -0.4 is 5.32 Å². The first kappa shape index (κ1) is 24.6. The molecule has 2 aliphatic rings. The Balaban J connectivity index is 1.62. The number of halogens is 2. The Labute approximate surface area is 202 Å². The third-order valence-electron chi connectivity index (χ3n) is 7.12. The van der Waals surface area contributed by atoms with Crippen LogP contribution in [0, 0.1) is 34.3 Å². The van der Waals surface area contributed by atoms with Crippen LogP contribution in [-0.2, 0) is 9.59 Å². The van der Waals surface area contributed by atoms with Gasteiger partial charge in [0.1, 0.15) is 29.4 Å². The number of hydrogen-bond donors (Lipinski definition) is 2. The third-order valence-corrected chi connectivity index (χ3v) is 7.12. The zero-order valence-electron chi connectivity index (χ0n) is 20.0. The second kappa shape index (κ2) is 9.29. The lowest BCUT2D eigenvalue weighted by molar-refractivity contribution is -0.138. The van der Waals surface area contributed by atoms with Gasteiger partial charge in [-0.05, 0) is 43.7 Å². The van der Waals surface area contributed by atoms with E-state index in [1.54, 1.807) is 0 Å². The maximum Gasteiger partial charge on any atom is 0.270 e. The first-order chi connectivity index (χ1) is 16.6. The van der Waals surface area contributed by atoms with Crippen LogP contribution in [0.2, 0.25) is 0 Å². The lowest BCUT2D eigenvalue weighted by atomic mass is 9.78. The van der Waals surface area contributed by atoms with Crippen molar-refractivity contribution in [2.45, 2.75) is 51.6 Å².